The number of nitrogens with one attached hydrogen (secondary N) is 1. The van der Waals surface area contributed by atoms with Crippen LogP contribution in [0.2, 0.25) is 5.15 Å². The molecule has 0 aliphatic heterocycles. The summed E-state index contributed by atoms with van der Waals surface area (Å²) >= 11 is 5.77. The molecule has 1 N–H and O–H groups in total. The van der Waals surface area contributed by atoms with Crippen LogP contribution in [-0.2, 0) is 4.74 Å². The van der Waals surface area contributed by atoms with Gasteiger partial charge in [-0.1, -0.05) is 31.5 Å². The summed E-state index contributed by atoms with van der Waals surface area (Å²) in [6.45, 7) is 6.76. The Morgan fingerprint density at radius 1 is 1.44 bits per heavy atom. The van der Waals surface area contributed by atoms with Gasteiger partial charge >= 0.3 is 0 Å². The monoisotopic (exact) mass is 242 g/mol. The first-order chi connectivity index (χ1) is 7.68. The molecule has 3 nitrogen and oxygen atoms in total. The molecule has 1 aromatic heterocycles. The molecule has 1 heterocycles. The average molecular weight is 243 g/mol. The zero-order valence-corrected chi connectivity index (χ0v) is 10.6. The number of aromatic nitrogens is 1. The maximum Gasteiger partial charge on any atom is 0.131 e. The molecule has 0 aromatic carbocycles. The second kappa shape index (κ2) is 7.47. The summed E-state index contributed by atoms with van der Waals surface area (Å²) in [5, 5.41) is 3.71. The molecule has 1 rings (SSSR count). The molecule has 0 aliphatic rings. The second-order valence-corrected chi connectivity index (χ2v) is 4.48. The second-order valence-electron chi connectivity index (χ2n) is 4.09. The molecule has 16 heavy (non-hydrogen) atoms. The fourth-order valence-corrected chi connectivity index (χ4v) is 1.38. The summed E-state index contributed by atoms with van der Waals surface area (Å²) in [7, 11) is 0. The highest BCUT2D eigenvalue weighted by atomic mass is 35.5. The normalized spacial score (nSPS) is 10.8. The van der Waals surface area contributed by atoms with E-state index < -0.39 is 0 Å². The van der Waals surface area contributed by atoms with Crippen LogP contribution in [-0.4, -0.2) is 24.7 Å². The molecular weight excluding hydrogens is 224 g/mol. The molecule has 0 saturated heterocycles. The quantitative estimate of drug-likeness (QED) is 0.589. The maximum atomic E-state index is 5.77. The highest BCUT2D eigenvalue weighted by Crippen LogP contribution is 2.08. The van der Waals surface area contributed by atoms with Crippen LogP contribution in [0.3, 0.4) is 0 Å². The molecule has 0 radical (unpaired) electrons. The number of rotatable bonds is 7. The van der Waals surface area contributed by atoms with Crippen molar-refractivity contribution in [1.82, 2.24) is 4.98 Å². The third-order valence-electron chi connectivity index (χ3n) is 1.94. The molecule has 0 atom stereocenters. The van der Waals surface area contributed by atoms with Gasteiger partial charge < -0.3 is 10.1 Å². The van der Waals surface area contributed by atoms with Crippen molar-refractivity contribution < 1.29 is 4.74 Å². The van der Waals surface area contributed by atoms with Gasteiger partial charge in [-0.15, -0.1) is 0 Å². The van der Waals surface area contributed by atoms with Gasteiger partial charge in [-0.3, -0.25) is 0 Å². The van der Waals surface area contributed by atoms with Gasteiger partial charge in [0, 0.05) is 19.8 Å². The Morgan fingerprint density at radius 3 is 2.94 bits per heavy atom. The van der Waals surface area contributed by atoms with E-state index in [9.17, 15) is 0 Å². The molecule has 0 aliphatic carbocycles. The zero-order chi connectivity index (χ0) is 11.8. The lowest BCUT2D eigenvalue weighted by molar-refractivity contribution is 0.110. The fourth-order valence-electron chi connectivity index (χ4n) is 1.22. The van der Waals surface area contributed by atoms with Gasteiger partial charge in [0.25, 0.3) is 0 Å². The maximum absolute atomic E-state index is 5.77. The number of halogens is 1. The zero-order valence-electron chi connectivity index (χ0n) is 9.87. The van der Waals surface area contributed by atoms with Gasteiger partial charge in [0.05, 0.1) is 0 Å². The Labute approximate surface area is 102 Å². The van der Waals surface area contributed by atoms with E-state index in [1.807, 2.05) is 12.1 Å². The molecule has 1 aromatic rings. The Bertz CT molecular complexity index is 305. The standard InChI is InChI=1S/C12H19ClN2O/c1-10(2)9-16-8-4-7-14-12-6-3-5-11(13)15-12/h3,5-6,10H,4,7-9H2,1-2H3,(H,14,15). The van der Waals surface area contributed by atoms with Crippen molar-refractivity contribution >= 4 is 17.4 Å². The van der Waals surface area contributed by atoms with Crippen molar-refractivity contribution in [2.45, 2.75) is 20.3 Å². The lowest BCUT2D eigenvalue weighted by atomic mass is 10.2. The lowest BCUT2D eigenvalue weighted by Crippen LogP contribution is -2.09. The highest BCUT2D eigenvalue weighted by molar-refractivity contribution is 6.29. The predicted octanol–water partition coefficient (Wildman–Crippen LogP) is 3.21. The SMILES string of the molecule is CC(C)COCCCNc1cccc(Cl)n1. The molecule has 0 amide bonds. The van der Waals surface area contributed by atoms with E-state index in [0.29, 0.717) is 11.1 Å². The number of hydrogen-bond acceptors (Lipinski definition) is 3. The first-order valence-corrected chi connectivity index (χ1v) is 6.00. The van der Waals surface area contributed by atoms with E-state index in [4.69, 9.17) is 16.3 Å². The van der Waals surface area contributed by atoms with Crippen LogP contribution in [0.1, 0.15) is 20.3 Å². The van der Waals surface area contributed by atoms with Crippen molar-refractivity contribution in [3.05, 3.63) is 23.4 Å². The van der Waals surface area contributed by atoms with Crippen molar-refractivity contribution in [3.63, 3.8) is 0 Å². The summed E-state index contributed by atoms with van der Waals surface area (Å²) < 4.78 is 5.47. The van der Waals surface area contributed by atoms with E-state index in [-0.39, 0.29) is 0 Å². The van der Waals surface area contributed by atoms with E-state index in [1.165, 1.54) is 0 Å². The summed E-state index contributed by atoms with van der Waals surface area (Å²) in [6, 6.07) is 5.55. The van der Waals surface area contributed by atoms with Gasteiger partial charge in [-0.2, -0.15) is 0 Å². The van der Waals surface area contributed by atoms with Crippen molar-refractivity contribution in [2.75, 3.05) is 25.1 Å². The predicted molar refractivity (Wildman–Crippen MR) is 68.0 cm³/mol. The van der Waals surface area contributed by atoms with Crippen LogP contribution in [0, 0.1) is 5.92 Å². The van der Waals surface area contributed by atoms with Crippen molar-refractivity contribution in [1.29, 1.82) is 0 Å². The highest BCUT2D eigenvalue weighted by Gasteiger charge is 1.96. The minimum atomic E-state index is 0.515. The summed E-state index contributed by atoms with van der Waals surface area (Å²) in [4.78, 5) is 4.13. The number of nitrogens with zero attached hydrogens (tertiary/aromatic N) is 1. The van der Waals surface area contributed by atoms with E-state index in [1.54, 1.807) is 6.07 Å². The summed E-state index contributed by atoms with van der Waals surface area (Å²) in [5.41, 5.74) is 0. The van der Waals surface area contributed by atoms with Gasteiger partial charge in [-0.05, 0) is 24.5 Å². The fraction of sp³-hybridized carbons (Fsp3) is 0.583. The topological polar surface area (TPSA) is 34.1 Å². The summed E-state index contributed by atoms with van der Waals surface area (Å²) in [5.74, 6) is 1.42. The van der Waals surface area contributed by atoms with Crippen LogP contribution in [0.15, 0.2) is 18.2 Å². The Balaban J connectivity index is 2.07. The largest absolute Gasteiger partial charge is 0.381 e. The molecule has 0 fully saturated rings. The van der Waals surface area contributed by atoms with Crippen LogP contribution < -0.4 is 5.32 Å². The summed E-state index contributed by atoms with van der Waals surface area (Å²) in [6.07, 6.45) is 0.973. The minimum Gasteiger partial charge on any atom is -0.381 e. The molecule has 0 bridgehead atoms. The number of pyridine rings is 1. The van der Waals surface area contributed by atoms with Crippen LogP contribution in [0.4, 0.5) is 5.82 Å². The Morgan fingerprint density at radius 2 is 2.25 bits per heavy atom. The molecule has 0 spiro atoms. The van der Waals surface area contributed by atoms with Gasteiger partial charge in [-0.25, -0.2) is 4.98 Å². The van der Waals surface area contributed by atoms with Crippen molar-refractivity contribution in [3.8, 4) is 0 Å². The average Bonchev–Trinajstić information content (AvgIpc) is 2.23. The third kappa shape index (κ3) is 5.93. The molecule has 4 heteroatoms. The molecule has 0 saturated carbocycles. The molecule has 90 valence electrons. The lowest BCUT2D eigenvalue weighted by Gasteiger charge is -2.08. The van der Waals surface area contributed by atoms with Crippen LogP contribution in [0.25, 0.3) is 0 Å². The first kappa shape index (κ1) is 13.3. The van der Waals surface area contributed by atoms with E-state index >= 15 is 0 Å². The van der Waals surface area contributed by atoms with Crippen LogP contribution >= 0.6 is 11.6 Å². The van der Waals surface area contributed by atoms with Crippen LogP contribution in [0.5, 0.6) is 0 Å². The van der Waals surface area contributed by atoms with Crippen molar-refractivity contribution in [2.24, 2.45) is 5.92 Å². The van der Waals surface area contributed by atoms with Gasteiger partial charge in [0.2, 0.25) is 0 Å². The smallest absolute Gasteiger partial charge is 0.131 e. The van der Waals surface area contributed by atoms with E-state index in [0.717, 1.165) is 32.0 Å². The third-order valence-corrected chi connectivity index (χ3v) is 2.15. The number of anilines is 1. The van der Waals surface area contributed by atoms with Gasteiger partial charge in [0.15, 0.2) is 0 Å². The molecular formula is C12H19ClN2O. The number of hydrogen-bond donors (Lipinski definition) is 1. The first-order valence-electron chi connectivity index (χ1n) is 5.62. The molecule has 0 unspecified atom stereocenters. The number of ether oxygens (including phenoxy) is 1. The van der Waals surface area contributed by atoms with E-state index in [2.05, 4.69) is 24.1 Å². The Kier molecular flexibility index (Phi) is 6.19. The minimum absolute atomic E-state index is 0.515. The van der Waals surface area contributed by atoms with Gasteiger partial charge in [0.1, 0.15) is 11.0 Å². The Hall–Kier alpha value is -0.800.